The number of rotatable bonds is 1. The van der Waals surface area contributed by atoms with E-state index in [-0.39, 0.29) is 0 Å². The molecule has 0 spiro atoms. The average molecular weight is 184 g/mol. The highest BCUT2D eigenvalue weighted by Gasteiger charge is 2.39. The van der Waals surface area contributed by atoms with Crippen molar-refractivity contribution in [3.63, 3.8) is 0 Å². The summed E-state index contributed by atoms with van der Waals surface area (Å²) < 4.78 is 0. The Kier molecular flexibility index (Phi) is 5.02. The lowest BCUT2D eigenvalue weighted by Gasteiger charge is -2.28. The molecule has 0 unspecified atom stereocenters. The van der Waals surface area contributed by atoms with Crippen LogP contribution < -0.4 is 0 Å². The Bertz CT molecular complexity index is 133. The summed E-state index contributed by atoms with van der Waals surface area (Å²) >= 11 is 0. The van der Waals surface area contributed by atoms with Crippen LogP contribution in [0.4, 0.5) is 0 Å². The monoisotopic (exact) mass is 184 g/mol. The molecule has 0 saturated heterocycles. The molecule has 80 valence electrons. The first kappa shape index (κ1) is 13.0. The molecule has 0 aliphatic heterocycles. The second kappa shape index (κ2) is 5.02. The van der Waals surface area contributed by atoms with Gasteiger partial charge < -0.3 is 0 Å². The van der Waals surface area contributed by atoms with Crippen molar-refractivity contribution in [2.24, 2.45) is 23.2 Å². The summed E-state index contributed by atoms with van der Waals surface area (Å²) in [5.41, 5.74) is 0.606. The fraction of sp³-hybridized carbons (Fsp3) is 1.00. The largest absolute Gasteiger partial charge is 0.0683 e. The first-order valence-electron chi connectivity index (χ1n) is 5.95. The van der Waals surface area contributed by atoms with Crippen molar-refractivity contribution in [1.82, 2.24) is 0 Å². The van der Waals surface area contributed by atoms with Crippen LogP contribution in [-0.2, 0) is 0 Å². The van der Waals surface area contributed by atoms with Crippen molar-refractivity contribution in [3.05, 3.63) is 0 Å². The molecule has 2 atom stereocenters. The van der Waals surface area contributed by atoms with E-state index in [1.54, 1.807) is 0 Å². The van der Waals surface area contributed by atoms with Gasteiger partial charge >= 0.3 is 0 Å². The molecule has 0 aromatic rings. The van der Waals surface area contributed by atoms with Gasteiger partial charge in [0.15, 0.2) is 0 Å². The van der Waals surface area contributed by atoms with Crippen LogP contribution in [0, 0.1) is 23.2 Å². The van der Waals surface area contributed by atoms with E-state index in [2.05, 4.69) is 34.6 Å². The van der Waals surface area contributed by atoms with Crippen LogP contribution in [-0.4, -0.2) is 0 Å². The maximum atomic E-state index is 2.43. The highest BCUT2D eigenvalue weighted by atomic mass is 14.4. The third-order valence-corrected chi connectivity index (χ3v) is 3.85. The third-order valence-electron chi connectivity index (χ3n) is 3.85. The molecule has 1 aliphatic carbocycles. The Morgan fingerprint density at radius 3 is 1.77 bits per heavy atom. The highest BCUT2D eigenvalue weighted by Crippen LogP contribution is 2.48. The molecule has 1 rings (SSSR count). The van der Waals surface area contributed by atoms with Gasteiger partial charge in [0.25, 0.3) is 0 Å². The van der Waals surface area contributed by atoms with E-state index in [1.165, 1.54) is 12.8 Å². The zero-order valence-electron chi connectivity index (χ0n) is 10.6. The fourth-order valence-corrected chi connectivity index (χ4v) is 2.51. The maximum Gasteiger partial charge on any atom is -0.0326 e. The predicted molar refractivity (Wildman–Crippen MR) is 61.9 cm³/mol. The summed E-state index contributed by atoms with van der Waals surface area (Å²) in [7, 11) is 0. The molecule has 0 heteroatoms. The van der Waals surface area contributed by atoms with E-state index >= 15 is 0 Å². The van der Waals surface area contributed by atoms with Gasteiger partial charge in [0.05, 0.1) is 0 Å². The van der Waals surface area contributed by atoms with Gasteiger partial charge in [-0.2, -0.15) is 0 Å². The Hall–Kier alpha value is 0. The molecule has 0 aromatic carbocycles. The maximum absolute atomic E-state index is 2.43. The van der Waals surface area contributed by atoms with Gasteiger partial charge in [0, 0.05) is 0 Å². The summed E-state index contributed by atoms with van der Waals surface area (Å²) in [5, 5.41) is 0. The van der Waals surface area contributed by atoms with Gasteiger partial charge in [0.2, 0.25) is 0 Å². The summed E-state index contributed by atoms with van der Waals surface area (Å²) in [5.74, 6) is 2.78. The molecule has 1 fully saturated rings. The van der Waals surface area contributed by atoms with E-state index in [0.29, 0.717) is 5.41 Å². The molecule has 0 radical (unpaired) electrons. The molecule has 13 heavy (non-hydrogen) atoms. The summed E-state index contributed by atoms with van der Waals surface area (Å²) in [6.07, 6.45) is 2.88. The van der Waals surface area contributed by atoms with Crippen LogP contribution >= 0.6 is 0 Å². The molecule has 0 N–H and O–H groups in total. The summed E-state index contributed by atoms with van der Waals surface area (Å²) in [6.45, 7) is 16.0. The van der Waals surface area contributed by atoms with Gasteiger partial charge in [-0.25, -0.2) is 0 Å². The van der Waals surface area contributed by atoms with Gasteiger partial charge in [-0.1, -0.05) is 48.5 Å². The van der Waals surface area contributed by atoms with Crippen LogP contribution in [0.5, 0.6) is 0 Å². The second-order valence-corrected chi connectivity index (χ2v) is 5.22. The van der Waals surface area contributed by atoms with Crippen LogP contribution in [0.3, 0.4) is 0 Å². The molecule has 0 nitrogen and oxygen atoms in total. The summed E-state index contributed by atoms with van der Waals surface area (Å²) in [4.78, 5) is 0. The van der Waals surface area contributed by atoms with Crippen molar-refractivity contribution < 1.29 is 0 Å². The van der Waals surface area contributed by atoms with Crippen molar-refractivity contribution in [1.29, 1.82) is 0 Å². The smallest absolute Gasteiger partial charge is 0.0326 e. The zero-order valence-corrected chi connectivity index (χ0v) is 10.6. The topological polar surface area (TPSA) is 0 Å². The van der Waals surface area contributed by atoms with Crippen molar-refractivity contribution >= 4 is 0 Å². The predicted octanol–water partition coefficient (Wildman–Crippen LogP) is 4.74. The van der Waals surface area contributed by atoms with Crippen LogP contribution in [0.2, 0.25) is 0 Å². The van der Waals surface area contributed by atoms with Crippen LogP contribution in [0.15, 0.2) is 0 Å². The van der Waals surface area contributed by atoms with Gasteiger partial charge in [-0.3, -0.25) is 0 Å². The normalized spacial score (nSPS) is 31.4. The van der Waals surface area contributed by atoms with E-state index in [9.17, 15) is 0 Å². The first-order valence-corrected chi connectivity index (χ1v) is 5.95. The number of hydrogen-bond acceptors (Lipinski definition) is 0. The lowest BCUT2D eigenvalue weighted by Crippen LogP contribution is -2.21. The minimum absolute atomic E-state index is 0.606. The average Bonchev–Trinajstić information content (AvgIpc) is 2.32. The molecular weight excluding hydrogens is 156 g/mol. The van der Waals surface area contributed by atoms with Gasteiger partial charge in [-0.15, -0.1) is 0 Å². The molecule has 1 aliphatic rings. The molecule has 0 amide bonds. The van der Waals surface area contributed by atoms with E-state index in [1.807, 2.05) is 13.8 Å². The summed E-state index contributed by atoms with van der Waals surface area (Å²) in [6, 6.07) is 0. The molecule has 0 heterocycles. The minimum Gasteiger partial charge on any atom is -0.0683 e. The Morgan fingerprint density at radius 2 is 1.62 bits per heavy atom. The lowest BCUT2D eigenvalue weighted by molar-refractivity contribution is 0.206. The lowest BCUT2D eigenvalue weighted by atomic mass is 9.77. The first-order chi connectivity index (χ1) is 5.95. The second-order valence-electron chi connectivity index (χ2n) is 5.22. The molecular formula is C13H28. The molecule has 0 aromatic heterocycles. The van der Waals surface area contributed by atoms with Crippen LogP contribution in [0.25, 0.3) is 0 Å². The quantitative estimate of drug-likeness (QED) is 0.552. The molecule has 0 bridgehead atoms. The highest BCUT2D eigenvalue weighted by molar-refractivity contribution is 4.89. The number of hydrogen-bond donors (Lipinski definition) is 0. The van der Waals surface area contributed by atoms with Gasteiger partial charge in [-0.05, 0) is 36.0 Å². The minimum atomic E-state index is 0.606. The zero-order chi connectivity index (χ0) is 10.6. The van der Waals surface area contributed by atoms with Gasteiger partial charge in [0.1, 0.15) is 0 Å². The van der Waals surface area contributed by atoms with Crippen LogP contribution in [0.1, 0.15) is 61.3 Å². The Labute approximate surface area is 85.1 Å². The van der Waals surface area contributed by atoms with Crippen molar-refractivity contribution in [2.45, 2.75) is 61.3 Å². The fourth-order valence-electron chi connectivity index (χ4n) is 2.51. The Balaban J connectivity index is 0.000000671. The van der Waals surface area contributed by atoms with E-state index in [4.69, 9.17) is 0 Å². The SMILES string of the molecule is CC.CC(C)[C@H]1CCC(C)(C)[C@H]1C. The third kappa shape index (κ3) is 3.00. The van der Waals surface area contributed by atoms with Crippen molar-refractivity contribution in [3.8, 4) is 0 Å². The van der Waals surface area contributed by atoms with E-state index < -0.39 is 0 Å². The molecule has 1 saturated carbocycles. The standard InChI is InChI=1S/C11H22.C2H6/c1-8(2)10-6-7-11(4,5)9(10)3;1-2/h8-10H,6-7H2,1-5H3;1-2H3/t9-,10+;/m0./s1. The van der Waals surface area contributed by atoms with E-state index in [0.717, 1.165) is 17.8 Å². The Morgan fingerprint density at radius 1 is 1.15 bits per heavy atom. The van der Waals surface area contributed by atoms with Crippen molar-refractivity contribution in [2.75, 3.05) is 0 Å².